The van der Waals surface area contributed by atoms with Gasteiger partial charge in [-0.25, -0.2) is 4.98 Å². The number of halogens is 4. The Labute approximate surface area is 122 Å². The molecule has 0 bridgehead atoms. The highest BCUT2D eigenvalue weighted by atomic mass is 35.5. The third kappa shape index (κ3) is 3.63. The number of pyridine rings is 1. The summed E-state index contributed by atoms with van der Waals surface area (Å²) in [5, 5.41) is 2.63. The molecule has 8 heteroatoms. The maximum absolute atomic E-state index is 12.4. The minimum atomic E-state index is -4.52. The quantitative estimate of drug-likeness (QED) is 0.832. The van der Waals surface area contributed by atoms with Crippen molar-refractivity contribution in [1.29, 1.82) is 0 Å². The van der Waals surface area contributed by atoms with E-state index in [0.717, 1.165) is 18.3 Å². The third-order valence-corrected chi connectivity index (χ3v) is 2.90. The van der Waals surface area contributed by atoms with Crippen molar-refractivity contribution in [3.8, 4) is 0 Å². The van der Waals surface area contributed by atoms with E-state index in [0.29, 0.717) is 5.69 Å². The van der Waals surface area contributed by atoms with Gasteiger partial charge in [0.25, 0.3) is 5.91 Å². The molecule has 0 aliphatic carbocycles. The molecule has 0 atom stereocenters. The molecule has 0 aliphatic heterocycles. The molecule has 0 saturated heterocycles. The first kappa shape index (κ1) is 15.1. The van der Waals surface area contributed by atoms with Gasteiger partial charge in [0.15, 0.2) is 0 Å². The fourth-order valence-corrected chi connectivity index (χ4v) is 1.69. The number of hydrogen-bond donors (Lipinski definition) is 2. The largest absolute Gasteiger partial charge is 0.433 e. The van der Waals surface area contributed by atoms with E-state index in [2.05, 4.69) is 10.3 Å². The number of rotatable bonds is 2. The summed E-state index contributed by atoms with van der Waals surface area (Å²) in [5.74, 6) is -0.529. The number of nitrogens with one attached hydrogen (secondary N) is 1. The lowest BCUT2D eigenvalue weighted by Crippen LogP contribution is -2.13. The zero-order chi connectivity index (χ0) is 15.6. The van der Waals surface area contributed by atoms with E-state index >= 15 is 0 Å². The zero-order valence-electron chi connectivity index (χ0n) is 10.4. The number of nitrogens with two attached hydrogens (primary N) is 1. The summed E-state index contributed by atoms with van der Waals surface area (Å²) >= 11 is 5.79. The van der Waals surface area contributed by atoms with Crippen LogP contribution in [0.25, 0.3) is 0 Å². The van der Waals surface area contributed by atoms with Crippen molar-refractivity contribution in [2.45, 2.75) is 6.18 Å². The van der Waals surface area contributed by atoms with Crippen LogP contribution in [-0.4, -0.2) is 10.9 Å². The van der Waals surface area contributed by atoms with Gasteiger partial charge in [-0.3, -0.25) is 4.79 Å². The number of amides is 1. The second-order valence-corrected chi connectivity index (χ2v) is 4.53. The molecular weight excluding hydrogens is 307 g/mol. The molecule has 1 heterocycles. The van der Waals surface area contributed by atoms with Gasteiger partial charge in [0.2, 0.25) is 0 Å². The molecule has 2 aromatic rings. The van der Waals surface area contributed by atoms with Crippen molar-refractivity contribution in [1.82, 2.24) is 4.98 Å². The molecule has 3 N–H and O–H groups in total. The van der Waals surface area contributed by atoms with E-state index in [1.54, 1.807) is 0 Å². The zero-order valence-corrected chi connectivity index (χ0v) is 11.2. The number of benzene rings is 1. The highest BCUT2D eigenvalue weighted by Gasteiger charge is 2.32. The van der Waals surface area contributed by atoms with Crippen LogP contribution in [0.15, 0.2) is 36.5 Å². The molecule has 0 aliphatic rings. The van der Waals surface area contributed by atoms with Crippen LogP contribution in [0.1, 0.15) is 16.1 Å². The Bertz CT molecular complexity index is 671. The summed E-state index contributed by atoms with van der Waals surface area (Å²) < 4.78 is 37.1. The second-order valence-electron chi connectivity index (χ2n) is 4.12. The van der Waals surface area contributed by atoms with Crippen LogP contribution in [0.3, 0.4) is 0 Å². The fraction of sp³-hybridized carbons (Fsp3) is 0.0769. The van der Waals surface area contributed by atoms with E-state index in [1.165, 1.54) is 18.2 Å². The topological polar surface area (TPSA) is 68.0 Å². The van der Waals surface area contributed by atoms with Gasteiger partial charge < -0.3 is 11.1 Å². The summed E-state index contributed by atoms with van der Waals surface area (Å²) in [6.45, 7) is 0. The van der Waals surface area contributed by atoms with Crippen molar-refractivity contribution < 1.29 is 18.0 Å². The van der Waals surface area contributed by atoms with Gasteiger partial charge in [0.1, 0.15) is 5.69 Å². The molecule has 0 radical (unpaired) electrons. The Kier molecular flexibility index (Phi) is 4.04. The molecular formula is C13H9ClF3N3O. The number of anilines is 2. The number of nitrogen functional groups attached to an aromatic ring is 1. The van der Waals surface area contributed by atoms with Gasteiger partial charge in [0.05, 0.1) is 22.6 Å². The van der Waals surface area contributed by atoms with Crippen molar-refractivity contribution >= 4 is 28.9 Å². The summed E-state index contributed by atoms with van der Waals surface area (Å²) in [7, 11) is 0. The molecule has 1 amide bonds. The number of carbonyl (C=O) groups is 1. The molecule has 4 nitrogen and oxygen atoms in total. The number of aromatic nitrogens is 1. The standard InChI is InChI=1S/C13H9ClF3N3O/c14-9-5-7(1-3-10(9)18)12(21)20-8-2-4-11(19-6-8)13(15,16)17/h1-6H,18H2,(H,20,21). The first-order valence-corrected chi connectivity index (χ1v) is 6.05. The first-order chi connectivity index (χ1) is 9.77. The Hall–Kier alpha value is -2.28. The SMILES string of the molecule is Nc1ccc(C(=O)Nc2ccc(C(F)(F)F)nc2)cc1Cl. The minimum Gasteiger partial charge on any atom is -0.398 e. The van der Waals surface area contributed by atoms with Gasteiger partial charge in [0, 0.05) is 5.56 Å². The lowest BCUT2D eigenvalue weighted by molar-refractivity contribution is -0.141. The summed E-state index contributed by atoms with van der Waals surface area (Å²) in [5.41, 5.74) is 5.18. The van der Waals surface area contributed by atoms with Crippen LogP contribution in [0.5, 0.6) is 0 Å². The fourth-order valence-electron chi connectivity index (χ4n) is 1.51. The lowest BCUT2D eigenvalue weighted by Gasteiger charge is -2.08. The highest BCUT2D eigenvalue weighted by molar-refractivity contribution is 6.33. The van der Waals surface area contributed by atoms with Gasteiger partial charge in [-0.1, -0.05) is 11.6 Å². The summed E-state index contributed by atoms with van der Waals surface area (Å²) in [4.78, 5) is 15.1. The van der Waals surface area contributed by atoms with Crippen molar-refractivity contribution in [3.63, 3.8) is 0 Å². The molecule has 110 valence electrons. The van der Waals surface area contributed by atoms with Crippen LogP contribution >= 0.6 is 11.6 Å². The molecule has 21 heavy (non-hydrogen) atoms. The predicted molar refractivity (Wildman–Crippen MR) is 73.1 cm³/mol. The molecule has 1 aromatic carbocycles. The van der Waals surface area contributed by atoms with E-state index in [-0.39, 0.29) is 16.3 Å². The smallest absolute Gasteiger partial charge is 0.398 e. The number of hydrogen-bond acceptors (Lipinski definition) is 3. The second kappa shape index (κ2) is 5.61. The minimum absolute atomic E-state index is 0.140. The third-order valence-electron chi connectivity index (χ3n) is 2.57. The van der Waals surface area contributed by atoms with E-state index in [4.69, 9.17) is 17.3 Å². The molecule has 1 aromatic heterocycles. The van der Waals surface area contributed by atoms with E-state index in [1.807, 2.05) is 0 Å². The monoisotopic (exact) mass is 315 g/mol. The van der Waals surface area contributed by atoms with Crippen LogP contribution in [0.2, 0.25) is 5.02 Å². The van der Waals surface area contributed by atoms with Gasteiger partial charge >= 0.3 is 6.18 Å². The highest BCUT2D eigenvalue weighted by Crippen LogP contribution is 2.28. The molecule has 0 spiro atoms. The Morgan fingerprint density at radius 1 is 1.24 bits per heavy atom. The molecule has 0 saturated carbocycles. The first-order valence-electron chi connectivity index (χ1n) is 5.67. The lowest BCUT2D eigenvalue weighted by atomic mass is 10.2. The Morgan fingerprint density at radius 3 is 2.48 bits per heavy atom. The van der Waals surface area contributed by atoms with Crippen molar-refractivity contribution in [2.24, 2.45) is 0 Å². The van der Waals surface area contributed by atoms with Crippen LogP contribution in [-0.2, 0) is 6.18 Å². The van der Waals surface area contributed by atoms with Crippen LogP contribution in [0, 0.1) is 0 Å². The maximum Gasteiger partial charge on any atom is 0.433 e. The number of alkyl halides is 3. The average molecular weight is 316 g/mol. The Morgan fingerprint density at radius 2 is 1.95 bits per heavy atom. The van der Waals surface area contributed by atoms with Crippen LogP contribution < -0.4 is 11.1 Å². The molecule has 0 fully saturated rings. The predicted octanol–water partition coefficient (Wildman–Crippen LogP) is 3.59. The van der Waals surface area contributed by atoms with E-state index in [9.17, 15) is 18.0 Å². The number of carbonyl (C=O) groups excluding carboxylic acids is 1. The average Bonchev–Trinajstić information content (AvgIpc) is 2.41. The van der Waals surface area contributed by atoms with Crippen LogP contribution in [0.4, 0.5) is 24.5 Å². The summed E-state index contributed by atoms with van der Waals surface area (Å²) in [6.07, 6.45) is -3.59. The molecule has 0 unspecified atom stereocenters. The Balaban J connectivity index is 2.14. The van der Waals surface area contributed by atoms with Crippen molar-refractivity contribution in [3.05, 3.63) is 52.8 Å². The number of nitrogens with zero attached hydrogens (tertiary/aromatic N) is 1. The maximum atomic E-state index is 12.4. The van der Waals surface area contributed by atoms with Gasteiger partial charge in [-0.15, -0.1) is 0 Å². The molecule has 2 rings (SSSR count). The van der Waals surface area contributed by atoms with Crippen molar-refractivity contribution in [2.75, 3.05) is 11.1 Å². The van der Waals surface area contributed by atoms with E-state index < -0.39 is 17.8 Å². The summed E-state index contributed by atoms with van der Waals surface area (Å²) in [6, 6.07) is 6.18. The van der Waals surface area contributed by atoms with Gasteiger partial charge in [-0.05, 0) is 30.3 Å². The normalized spacial score (nSPS) is 11.2. The van der Waals surface area contributed by atoms with Gasteiger partial charge in [-0.2, -0.15) is 13.2 Å².